The topological polar surface area (TPSA) is 51.0 Å². The number of Topliss-reactive ketones (excluding diaryl/α,β-unsaturated/α-hetero) is 1. The fourth-order valence-corrected chi connectivity index (χ4v) is 3.74. The summed E-state index contributed by atoms with van der Waals surface area (Å²) in [6, 6.07) is 14.7. The normalized spacial score (nSPS) is 18.0. The fraction of sp³-hybridized carbons (Fsp3) is 0.350. The Kier molecular flexibility index (Phi) is 4.32. The van der Waals surface area contributed by atoms with Crippen LogP contribution in [0.5, 0.6) is 0 Å². The number of fused-ring (bicyclic) bond motifs is 1. The highest BCUT2D eigenvalue weighted by molar-refractivity contribution is 5.94. The van der Waals surface area contributed by atoms with Gasteiger partial charge in [0.05, 0.1) is 0 Å². The van der Waals surface area contributed by atoms with E-state index in [1.165, 1.54) is 12.0 Å². The number of carbonyl (C=O) groups excluding carboxylic acids is 1. The Balaban J connectivity index is 1.61. The Morgan fingerprint density at radius 2 is 2.04 bits per heavy atom. The number of rotatable bonds is 5. The maximum atomic E-state index is 12.1. The Bertz CT molecular complexity index is 887. The van der Waals surface area contributed by atoms with E-state index in [-0.39, 0.29) is 5.78 Å². The molecule has 1 aromatic carbocycles. The summed E-state index contributed by atoms with van der Waals surface area (Å²) in [5, 5.41) is 0. The number of aromatic nitrogens is 3. The zero-order valence-corrected chi connectivity index (χ0v) is 14.4. The molecule has 0 bridgehead atoms. The van der Waals surface area contributed by atoms with Crippen molar-refractivity contribution in [2.24, 2.45) is 0 Å². The first-order valence-electron chi connectivity index (χ1n) is 8.82. The molecule has 4 rings (SSSR count). The van der Waals surface area contributed by atoms with E-state index >= 15 is 0 Å². The first-order chi connectivity index (χ1) is 12.2. The molecule has 0 unspecified atom stereocenters. The largest absolute Gasteiger partial charge is 0.305 e. The van der Waals surface area contributed by atoms with Gasteiger partial charge in [0.1, 0.15) is 5.52 Å². The standard InChI is InChI=1S/C20H22N4O/c1-15(25)19-22-18-10-5-11-21-20(18)24(19)14-17-9-6-12-23(17)13-16-7-3-2-4-8-16/h2-5,7-8,10-11,17H,6,9,12-14H2,1H3/t17-/m1/s1. The fourth-order valence-electron chi connectivity index (χ4n) is 3.74. The molecule has 3 aromatic rings. The monoisotopic (exact) mass is 334 g/mol. The van der Waals surface area contributed by atoms with Crippen molar-refractivity contribution in [1.29, 1.82) is 0 Å². The average Bonchev–Trinajstić information content (AvgIpc) is 3.21. The average molecular weight is 334 g/mol. The molecule has 0 amide bonds. The number of ketones is 1. The zero-order chi connectivity index (χ0) is 17.2. The molecule has 1 aliphatic heterocycles. The summed E-state index contributed by atoms with van der Waals surface area (Å²) in [7, 11) is 0. The summed E-state index contributed by atoms with van der Waals surface area (Å²) in [4.78, 5) is 23.5. The summed E-state index contributed by atoms with van der Waals surface area (Å²) < 4.78 is 2.01. The van der Waals surface area contributed by atoms with Crippen LogP contribution in [0.1, 0.15) is 35.9 Å². The highest BCUT2D eigenvalue weighted by atomic mass is 16.1. The van der Waals surface area contributed by atoms with Gasteiger partial charge >= 0.3 is 0 Å². The highest BCUT2D eigenvalue weighted by Gasteiger charge is 2.27. The number of pyridine rings is 1. The molecule has 1 fully saturated rings. The molecule has 0 spiro atoms. The Labute approximate surface area is 147 Å². The SMILES string of the molecule is CC(=O)c1nc2cccnc2n1C[C@H]1CCCN1Cc1ccccc1. The van der Waals surface area contributed by atoms with Crippen LogP contribution in [-0.2, 0) is 13.1 Å². The Morgan fingerprint density at radius 3 is 2.84 bits per heavy atom. The van der Waals surface area contributed by atoms with Gasteiger partial charge in [0.25, 0.3) is 0 Å². The zero-order valence-electron chi connectivity index (χ0n) is 14.4. The molecule has 5 heteroatoms. The molecule has 0 saturated carbocycles. The summed E-state index contributed by atoms with van der Waals surface area (Å²) in [6.07, 6.45) is 4.09. The van der Waals surface area contributed by atoms with Gasteiger partial charge in [-0.15, -0.1) is 0 Å². The van der Waals surface area contributed by atoms with Gasteiger partial charge in [0.15, 0.2) is 17.3 Å². The summed E-state index contributed by atoms with van der Waals surface area (Å²) in [6.45, 7) is 4.37. The summed E-state index contributed by atoms with van der Waals surface area (Å²) in [5.74, 6) is 0.505. The van der Waals surface area contributed by atoms with Crippen LogP contribution in [0.15, 0.2) is 48.7 Å². The van der Waals surface area contributed by atoms with Crippen LogP contribution in [0.2, 0.25) is 0 Å². The van der Waals surface area contributed by atoms with E-state index in [0.29, 0.717) is 11.9 Å². The van der Waals surface area contributed by atoms with Crippen molar-refractivity contribution in [3.05, 3.63) is 60.0 Å². The minimum absolute atomic E-state index is 0.00870. The smallest absolute Gasteiger partial charge is 0.195 e. The molecule has 0 N–H and O–H groups in total. The molecule has 3 heterocycles. The number of hydrogen-bond acceptors (Lipinski definition) is 4. The lowest BCUT2D eigenvalue weighted by Gasteiger charge is -2.25. The predicted molar refractivity (Wildman–Crippen MR) is 97.4 cm³/mol. The number of imidazole rings is 1. The van der Waals surface area contributed by atoms with E-state index in [9.17, 15) is 4.79 Å². The van der Waals surface area contributed by atoms with Crippen molar-refractivity contribution < 1.29 is 4.79 Å². The molecule has 1 saturated heterocycles. The maximum absolute atomic E-state index is 12.1. The van der Waals surface area contributed by atoms with Gasteiger partial charge in [-0.25, -0.2) is 9.97 Å². The van der Waals surface area contributed by atoms with Gasteiger partial charge in [-0.2, -0.15) is 0 Å². The van der Waals surface area contributed by atoms with Crippen LogP contribution in [0, 0.1) is 0 Å². The molecule has 128 valence electrons. The van der Waals surface area contributed by atoms with E-state index in [2.05, 4.69) is 39.1 Å². The van der Waals surface area contributed by atoms with E-state index < -0.39 is 0 Å². The molecule has 0 radical (unpaired) electrons. The molecule has 2 aromatic heterocycles. The van der Waals surface area contributed by atoms with Gasteiger partial charge in [0, 0.05) is 32.3 Å². The quantitative estimate of drug-likeness (QED) is 0.672. The molecule has 1 atom stereocenters. The lowest BCUT2D eigenvalue weighted by atomic mass is 10.1. The van der Waals surface area contributed by atoms with Crippen molar-refractivity contribution >= 4 is 16.9 Å². The van der Waals surface area contributed by atoms with Crippen LogP contribution in [0.3, 0.4) is 0 Å². The second-order valence-electron chi connectivity index (χ2n) is 6.70. The Hall–Kier alpha value is -2.53. The number of benzene rings is 1. The highest BCUT2D eigenvalue weighted by Crippen LogP contribution is 2.24. The number of carbonyl (C=O) groups is 1. The first kappa shape index (κ1) is 16.0. The van der Waals surface area contributed by atoms with E-state index in [4.69, 9.17) is 0 Å². The van der Waals surface area contributed by atoms with E-state index in [1.54, 1.807) is 13.1 Å². The van der Waals surface area contributed by atoms with Crippen LogP contribution in [-0.4, -0.2) is 37.8 Å². The third-order valence-corrected chi connectivity index (χ3v) is 4.94. The third-order valence-electron chi connectivity index (χ3n) is 4.94. The van der Waals surface area contributed by atoms with Crippen molar-refractivity contribution in [3.8, 4) is 0 Å². The van der Waals surface area contributed by atoms with Crippen LogP contribution in [0.4, 0.5) is 0 Å². The van der Waals surface area contributed by atoms with Crippen molar-refractivity contribution in [1.82, 2.24) is 19.4 Å². The molecule has 5 nitrogen and oxygen atoms in total. The van der Waals surface area contributed by atoms with E-state index in [1.807, 2.05) is 22.8 Å². The minimum atomic E-state index is -0.00870. The molecular weight excluding hydrogens is 312 g/mol. The molecule has 1 aliphatic rings. The summed E-state index contributed by atoms with van der Waals surface area (Å²) in [5.41, 5.74) is 2.93. The molecule has 0 aliphatic carbocycles. The Morgan fingerprint density at radius 1 is 1.20 bits per heavy atom. The van der Waals surface area contributed by atoms with Crippen molar-refractivity contribution in [2.75, 3.05) is 6.54 Å². The van der Waals surface area contributed by atoms with Gasteiger partial charge in [-0.3, -0.25) is 9.69 Å². The lowest BCUT2D eigenvalue weighted by molar-refractivity contribution is 0.0997. The lowest BCUT2D eigenvalue weighted by Crippen LogP contribution is -2.33. The van der Waals surface area contributed by atoms with Gasteiger partial charge in [-0.1, -0.05) is 30.3 Å². The number of nitrogens with zero attached hydrogens (tertiary/aromatic N) is 4. The molecular formula is C20H22N4O. The van der Waals surface area contributed by atoms with Crippen LogP contribution >= 0.6 is 0 Å². The van der Waals surface area contributed by atoms with Crippen molar-refractivity contribution in [3.63, 3.8) is 0 Å². The maximum Gasteiger partial charge on any atom is 0.195 e. The predicted octanol–water partition coefficient (Wildman–Crippen LogP) is 3.30. The second-order valence-corrected chi connectivity index (χ2v) is 6.70. The number of likely N-dealkylation sites (tertiary alicyclic amines) is 1. The van der Waals surface area contributed by atoms with Crippen LogP contribution in [0.25, 0.3) is 11.2 Å². The third kappa shape index (κ3) is 3.20. The first-order valence-corrected chi connectivity index (χ1v) is 8.82. The second kappa shape index (κ2) is 6.76. The van der Waals surface area contributed by atoms with Crippen LogP contribution < -0.4 is 0 Å². The van der Waals surface area contributed by atoms with E-state index in [0.717, 1.165) is 37.2 Å². The van der Waals surface area contributed by atoms with Gasteiger partial charge in [0.2, 0.25) is 0 Å². The van der Waals surface area contributed by atoms with Gasteiger partial charge in [-0.05, 0) is 37.1 Å². The van der Waals surface area contributed by atoms with Gasteiger partial charge < -0.3 is 4.57 Å². The summed E-state index contributed by atoms with van der Waals surface area (Å²) >= 11 is 0. The molecule has 25 heavy (non-hydrogen) atoms. The minimum Gasteiger partial charge on any atom is -0.305 e. The van der Waals surface area contributed by atoms with Crippen molar-refractivity contribution in [2.45, 2.75) is 38.9 Å². The number of hydrogen-bond donors (Lipinski definition) is 0.